The summed E-state index contributed by atoms with van der Waals surface area (Å²) in [5.74, 6) is 0.347. The summed E-state index contributed by atoms with van der Waals surface area (Å²) in [6, 6.07) is 3.12. The van der Waals surface area contributed by atoms with Crippen LogP contribution in [0.5, 0.6) is 0 Å². The molecule has 0 aromatic carbocycles. The number of carbonyl (C=O) groups is 1. The Morgan fingerprint density at radius 2 is 1.95 bits per heavy atom. The van der Waals surface area contributed by atoms with Gasteiger partial charge < -0.3 is 5.32 Å². The average Bonchev–Trinajstić information content (AvgIpc) is 2.44. The molecule has 0 saturated heterocycles. The van der Waals surface area contributed by atoms with Gasteiger partial charge >= 0.3 is 0 Å². The van der Waals surface area contributed by atoms with Gasteiger partial charge in [-0.25, -0.2) is 17.7 Å². The highest BCUT2D eigenvalue weighted by atomic mass is 32.2. The van der Waals surface area contributed by atoms with Gasteiger partial charge in [-0.3, -0.25) is 4.79 Å². The summed E-state index contributed by atoms with van der Waals surface area (Å²) in [5.41, 5.74) is 0. The molecule has 0 aliphatic rings. The monoisotopic (exact) mass is 345 g/mol. The first-order valence-electron chi connectivity index (χ1n) is 6.97. The third-order valence-corrected chi connectivity index (χ3v) is 5.69. The van der Waals surface area contributed by atoms with Gasteiger partial charge in [-0.2, -0.15) is 0 Å². The largest absolute Gasteiger partial charge is 0.355 e. The van der Waals surface area contributed by atoms with Crippen LogP contribution in [0.3, 0.4) is 0 Å². The molecule has 124 valence electrons. The van der Waals surface area contributed by atoms with Crippen molar-refractivity contribution in [1.82, 2.24) is 14.6 Å². The van der Waals surface area contributed by atoms with Crippen LogP contribution in [0, 0.1) is 5.92 Å². The summed E-state index contributed by atoms with van der Waals surface area (Å²) in [5, 5.41) is 3.19. The Morgan fingerprint density at radius 1 is 1.32 bits per heavy atom. The Kier molecular flexibility index (Phi) is 6.83. The Hall–Kier alpha value is -1.12. The summed E-state index contributed by atoms with van der Waals surface area (Å²) in [7, 11) is -0.532. The van der Waals surface area contributed by atoms with Crippen LogP contribution in [0.2, 0.25) is 0 Å². The normalized spacial score (nSPS) is 13.4. The fraction of sp³-hybridized carbons (Fsp3) is 0.571. The summed E-state index contributed by atoms with van der Waals surface area (Å²) in [6.45, 7) is 6.50. The third kappa shape index (κ3) is 5.26. The van der Waals surface area contributed by atoms with Gasteiger partial charge in [0.15, 0.2) is 0 Å². The lowest BCUT2D eigenvalue weighted by Crippen LogP contribution is -2.33. The maximum absolute atomic E-state index is 11.9. The molecule has 0 spiro atoms. The SMILES string of the molecule is CC(C)CNC(=O)[C@@H](C)Sc1ccc(S(=O)(=O)N(C)C)cn1. The van der Waals surface area contributed by atoms with E-state index in [0.717, 1.165) is 4.31 Å². The van der Waals surface area contributed by atoms with E-state index < -0.39 is 10.0 Å². The molecule has 0 radical (unpaired) electrons. The summed E-state index contributed by atoms with van der Waals surface area (Å²) in [6.07, 6.45) is 1.32. The quantitative estimate of drug-likeness (QED) is 0.759. The van der Waals surface area contributed by atoms with Gasteiger partial charge in [-0.15, -0.1) is 0 Å². The minimum absolute atomic E-state index is 0.0505. The second-order valence-electron chi connectivity index (χ2n) is 5.52. The van der Waals surface area contributed by atoms with Crippen LogP contribution in [-0.2, 0) is 14.8 Å². The third-order valence-electron chi connectivity index (χ3n) is 2.84. The highest BCUT2D eigenvalue weighted by molar-refractivity contribution is 8.00. The number of carbonyl (C=O) groups excluding carboxylic acids is 1. The highest BCUT2D eigenvalue weighted by Crippen LogP contribution is 2.22. The molecule has 6 nitrogen and oxygen atoms in total. The van der Waals surface area contributed by atoms with Crippen molar-refractivity contribution < 1.29 is 13.2 Å². The van der Waals surface area contributed by atoms with Gasteiger partial charge in [0.1, 0.15) is 4.90 Å². The fourth-order valence-electron chi connectivity index (χ4n) is 1.48. The minimum Gasteiger partial charge on any atom is -0.355 e. The van der Waals surface area contributed by atoms with Crippen molar-refractivity contribution in [3.05, 3.63) is 18.3 Å². The molecule has 1 heterocycles. The molecular formula is C14H23N3O3S2. The molecule has 0 aliphatic heterocycles. The van der Waals surface area contributed by atoms with Gasteiger partial charge in [-0.1, -0.05) is 25.6 Å². The van der Waals surface area contributed by atoms with Gasteiger partial charge in [-0.05, 0) is 25.0 Å². The van der Waals surface area contributed by atoms with Gasteiger partial charge in [0.05, 0.1) is 10.3 Å². The number of nitrogens with one attached hydrogen (secondary N) is 1. The van der Waals surface area contributed by atoms with Crippen LogP contribution >= 0.6 is 11.8 Å². The number of hydrogen-bond donors (Lipinski definition) is 1. The van der Waals surface area contributed by atoms with Gasteiger partial charge in [0.2, 0.25) is 15.9 Å². The first-order valence-corrected chi connectivity index (χ1v) is 9.29. The topological polar surface area (TPSA) is 79.4 Å². The van der Waals surface area contributed by atoms with E-state index in [1.807, 2.05) is 13.8 Å². The fourth-order valence-corrected chi connectivity index (χ4v) is 3.14. The Balaban J connectivity index is 2.70. The Labute approximate surface area is 136 Å². The molecule has 0 unspecified atom stereocenters. The van der Waals surface area contributed by atoms with Gasteiger partial charge in [0, 0.05) is 26.8 Å². The molecule has 8 heteroatoms. The van der Waals surface area contributed by atoms with Crippen LogP contribution in [0.4, 0.5) is 0 Å². The van der Waals surface area contributed by atoms with Crippen molar-refractivity contribution in [3.8, 4) is 0 Å². The number of thioether (sulfide) groups is 1. The lowest BCUT2D eigenvalue weighted by Gasteiger charge is -2.14. The van der Waals surface area contributed by atoms with E-state index in [1.165, 1.54) is 38.1 Å². The van der Waals surface area contributed by atoms with E-state index in [-0.39, 0.29) is 16.1 Å². The first-order chi connectivity index (χ1) is 10.1. The molecule has 1 N–H and O–H groups in total. The molecule has 0 aliphatic carbocycles. The van der Waals surface area contributed by atoms with Crippen molar-refractivity contribution in [1.29, 1.82) is 0 Å². The summed E-state index contributed by atoms with van der Waals surface area (Å²) in [4.78, 5) is 16.2. The van der Waals surface area contributed by atoms with Crippen LogP contribution in [0.1, 0.15) is 20.8 Å². The van der Waals surface area contributed by atoms with E-state index in [1.54, 1.807) is 13.0 Å². The number of hydrogen-bond acceptors (Lipinski definition) is 5. The van der Waals surface area contributed by atoms with E-state index >= 15 is 0 Å². The molecule has 1 atom stereocenters. The maximum Gasteiger partial charge on any atom is 0.244 e. The Bertz CT molecular complexity index is 598. The molecular weight excluding hydrogens is 322 g/mol. The Morgan fingerprint density at radius 3 is 2.41 bits per heavy atom. The second kappa shape index (κ2) is 7.94. The number of aromatic nitrogens is 1. The molecule has 0 fully saturated rings. The van der Waals surface area contributed by atoms with Crippen molar-refractivity contribution in [2.75, 3.05) is 20.6 Å². The minimum atomic E-state index is -3.47. The van der Waals surface area contributed by atoms with Crippen LogP contribution in [0.25, 0.3) is 0 Å². The lowest BCUT2D eigenvalue weighted by atomic mass is 10.2. The smallest absolute Gasteiger partial charge is 0.244 e. The van der Waals surface area contributed by atoms with Crippen LogP contribution in [0.15, 0.2) is 28.3 Å². The van der Waals surface area contributed by atoms with E-state index in [9.17, 15) is 13.2 Å². The van der Waals surface area contributed by atoms with Gasteiger partial charge in [0.25, 0.3) is 0 Å². The number of rotatable bonds is 7. The van der Waals surface area contributed by atoms with Crippen molar-refractivity contribution in [2.24, 2.45) is 5.92 Å². The zero-order chi connectivity index (χ0) is 16.9. The zero-order valence-corrected chi connectivity index (χ0v) is 15.2. The molecule has 1 amide bonds. The lowest BCUT2D eigenvalue weighted by molar-refractivity contribution is -0.120. The van der Waals surface area contributed by atoms with E-state index in [0.29, 0.717) is 17.5 Å². The maximum atomic E-state index is 11.9. The molecule has 1 rings (SSSR count). The van der Waals surface area contributed by atoms with E-state index in [2.05, 4.69) is 10.3 Å². The number of amides is 1. The molecule has 1 aromatic heterocycles. The van der Waals surface area contributed by atoms with Crippen molar-refractivity contribution in [2.45, 2.75) is 35.9 Å². The van der Waals surface area contributed by atoms with Crippen LogP contribution in [-0.4, -0.2) is 49.5 Å². The predicted molar refractivity (Wildman–Crippen MR) is 88.3 cm³/mol. The van der Waals surface area contributed by atoms with Crippen molar-refractivity contribution in [3.63, 3.8) is 0 Å². The molecule has 1 aromatic rings. The van der Waals surface area contributed by atoms with Crippen molar-refractivity contribution >= 4 is 27.7 Å². The van der Waals surface area contributed by atoms with Crippen LogP contribution < -0.4 is 5.32 Å². The summed E-state index contributed by atoms with van der Waals surface area (Å²) >= 11 is 1.30. The standard InChI is InChI=1S/C14H23N3O3S2/c1-10(2)8-16-14(18)11(3)21-13-7-6-12(9-15-13)22(19,20)17(4)5/h6-7,9-11H,8H2,1-5H3,(H,16,18)/t11-/m1/s1. The van der Waals surface area contributed by atoms with E-state index in [4.69, 9.17) is 0 Å². The number of sulfonamides is 1. The average molecular weight is 345 g/mol. The number of pyridine rings is 1. The summed E-state index contributed by atoms with van der Waals surface area (Å²) < 4.78 is 25.0. The first kappa shape index (κ1) is 18.9. The highest BCUT2D eigenvalue weighted by Gasteiger charge is 2.19. The molecule has 0 bridgehead atoms. The molecule has 22 heavy (non-hydrogen) atoms. The zero-order valence-electron chi connectivity index (χ0n) is 13.5. The predicted octanol–water partition coefficient (Wildman–Crippen LogP) is 1.58. The molecule has 0 saturated carbocycles. The second-order valence-corrected chi connectivity index (χ2v) is 9.03. The number of nitrogens with zero attached hydrogens (tertiary/aromatic N) is 2.